The third-order valence-corrected chi connectivity index (χ3v) is 3.81. The molecular formula is C19H15N5O2. The number of H-pyrrole nitrogens is 1. The molecule has 0 aliphatic heterocycles. The van der Waals surface area contributed by atoms with E-state index in [4.69, 9.17) is 4.74 Å². The molecule has 0 aliphatic carbocycles. The first kappa shape index (κ1) is 15.8. The number of hydrogen-bond donors (Lipinski definition) is 2. The average molecular weight is 345 g/mol. The largest absolute Gasteiger partial charge is 0.504 e. The van der Waals surface area contributed by atoms with E-state index in [1.807, 2.05) is 42.5 Å². The van der Waals surface area contributed by atoms with Gasteiger partial charge < -0.3 is 9.84 Å². The molecule has 128 valence electrons. The molecule has 4 aromatic rings. The van der Waals surface area contributed by atoms with Crippen molar-refractivity contribution >= 4 is 23.1 Å². The number of benzene rings is 2. The number of fused-ring (bicyclic) bond motifs is 1. The summed E-state index contributed by atoms with van der Waals surface area (Å²) in [5.41, 5.74) is 2.55. The first-order chi connectivity index (χ1) is 12.8. The lowest BCUT2D eigenvalue weighted by molar-refractivity contribution is 0.285. The molecule has 0 atom stereocenters. The van der Waals surface area contributed by atoms with E-state index in [1.165, 1.54) is 0 Å². The van der Waals surface area contributed by atoms with E-state index >= 15 is 0 Å². The van der Waals surface area contributed by atoms with Gasteiger partial charge in [-0.25, -0.2) is 10.1 Å². The van der Waals surface area contributed by atoms with E-state index in [1.54, 1.807) is 24.3 Å². The lowest BCUT2D eigenvalue weighted by Gasteiger charge is -2.09. The number of phenols is 1. The van der Waals surface area contributed by atoms with Crippen molar-refractivity contribution in [2.75, 3.05) is 0 Å². The van der Waals surface area contributed by atoms with E-state index in [-0.39, 0.29) is 12.4 Å². The van der Waals surface area contributed by atoms with Crippen LogP contribution in [0, 0.1) is 0 Å². The maximum absolute atomic E-state index is 10.0. The highest BCUT2D eigenvalue weighted by Crippen LogP contribution is 2.28. The number of aromatic amines is 1. The number of rotatable bonds is 5. The molecule has 0 spiro atoms. The zero-order chi connectivity index (χ0) is 17.8. The summed E-state index contributed by atoms with van der Waals surface area (Å²) in [6, 6.07) is 16.9. The molecule has 26 heavy (non-hydrogen) atoms. The van der Waals surface area contributed by atoms with E-state index < -0.39 is 0 Å². The summed E-state index contributed by atoms with van der Waals surface area (Å²) in [6.45, 7) is 0.261. The number of tetrazole rings is 1. The van der Waals surface area contributed by atoms with Gasteiger partial charge in [0.15, 0.2) is 17.3 Å². The van der Waals surface area contributed by atoms with Gasteiger partial charge in [-0.1, -0.05) is 36.4 Å². The Hall–Kier alpha value is -3.74. The number of pyridine rings is 1. The van der Waals surface area contributed by atoms with Crippen LogP contribution in [0.5, 0.6) is 11.5 Å². The smallest absolute Gasteiger partial charge is 0.172 e. The number of hydrogen-bond acceptors (Lipinski definition) is 6. The van der Waals surface area contributed by atoms with Crippen LogP contribution in [-0.2, 0) is 6.61 Å². The van der Waals surface area contributed by atoms with Crippen LogP contribution >= 0.6 is 0 Å². The van der Waals surface area contributed by atoms with Crippen molar-refractivity contribution < 1.29 is 9.84 Å². The Morgan fingerprint density at radius 3 is 2.85 bits per heavy atom. The lowest BCUT2D eigenvalue weighted by Crippen LogP contribution is -1.99. The second kappa shape index (κ2) is 7.02. The SMILES string of the molecule is Oc1ccc(/C=C/c2nnn[nH]2)cc1OCc1ccc2ccccc2n1. The normalized spacial score (nSPS) is 11.2. The standard InChI is InChI=1S/C19H15N5O2/c25-17-9-5-13(6-10-19-21-23-24-22-19)11-18(17)26-12-15-8-7-14-3-1-2-4-16(14)20-15/h1-11,25H,12H2,(H,21,22,23,24)/b10-6+. The predicted octanol–water partition coefficient (Wildman–Crippen LogP) is 3.20. The van der Waals surface area contributed by atoms with Gasteiger partial charge in [0.05, 0.1) is 11.2 Å². The van der Waals surface area contributed by atoms with E-state index in [9.17, 15) is 5.11 Å². The summed E-state index contributed by atoms with van der Waals surface area (Å²) in [4.78, 5) is 4.57. The number of nitrogens with one attached hydrogen (secondary N) is 1. The maximum atomic E-state index is 10.0. The van der Waals surface area contributed by atoms with Gasteiger partial charge in [0, 0.05) is 5.39 Å². The first-order valence-electron chi connectivity index (χ1n) is 8.00. The molecular weight excluding hydrogens is 330 g/mol. The summed E-state index contributed by atoms with van der Waals surface area (Å²) in [6.07, 6.45) is 3.56. The van der Waals surface area contributed by atoms with Crippen LogP contribution in [0.15, 0.2) is 54.6 Å². The predicted molar refractivity (Wildman–Crippen MR) is 97.3 cm³/mol. The number of phenolic OH excluding ortho intramolecular Hbond substituents is 1. The summed E-state index contributed by atoms with van der Waals surface area (Å²) < 4.78 is 5.75. The van der Waals surface area contributed by atoms with Crippen LogP contribution < -0.4 is 4.74 Å². The van der Waals surface area contributed by atoms with Crippen LogP contribution in [0.4, 0.5) is 0 Å². The Morgan fingerprint density at radius 1 is 1.04 bits per heavy atom. The Bertz CT molecular complexity index is 1060. The van der Waals surface area contributed by atoms with Crippen molar-refractivity contribution in [1.82, 2.24) is 25.6 Å². The number of ether oxygens (including phenoxy) is 1. The minimum absolute atomic E-state index is 0.0734. The molecule has 0 radical (unpaired) electrons. The minimum atomic E-state index is 0.0734. The number of aromatic nitrogens is 5. The fourth-order valence-electron chi connectivity index (χ4n) is 2.50. The molecule has 7 heteroatoms. The van der Waals surface area contributed by atoms with E-state index in [2.05, 4.69) is 25.6 Å². The van der Waals surface area contributed by atoms with E-state index in [0.29, 0.717) is 11.6 Å². The van der Waals surface area contributed by atoms with Gasteiger partial charge in [0.2, 0.25) is 0 Å². The third-order valence-electron chi connectivity index (χ3n) is 3.81. The van der Waals surface area contributed by atoms with Gasteiger partial charge in [-0.05, 0) is 46.3 Å². The van der Waals surface area contributed by atoms with Crippen molar-refractivity contribution in [3.05, 3.63) is 71.7 Å². The topological polar surface area (TPSA) is 96.8 Å². The molecule has 4 rings (SSSR count). The Labute approximate surface area is 149 Å². The number of nitrogens with zero attached hydrogens (tertiary/aromatic N) is 4. The molecule has 2 aromatic carbocycles. The molecule has 0 saturated carbocycles. The summed E-state index contributed by atoms with van der Waals surface area (Å²) >= 11 is 0. The Balaban J connectivity index is 1.50. The van der Waals surface area contributed by atoms with Gasteiger partial charge in [0.25, 0.3) is 0 Å². The monoisotopic (exact) mass is 345 g/mol. The molecule has 7 nitrogen and oxygen atoms in total. The van der Waals surface area contributed by atoms with Crippen molar-refractivity contribution in [1.29, 1.82) is 0 Å². The van der Waals surface area contributed by atoms with Crippen LogP contribution in [0.1, 0.15) is 17.1 Å². The molecule has 0 unspecified atom stereocenters. The fraction of sp³-hybridized carbons (Fsp3) is 0.0526. The van der Waals surface area contributed by atoms with Crippen molar-refractivity contribution in [3.63, 3.8) is 0 Å². The van der Waals surface area contributed by atoms with Gasteiger partial charge in [-0.3, -0.25) is 0 Å². The van der Waals surface area contributed by atoms with Crippen LogP contribution in [0.2, 0.25) is 0 Å². The quantitative estimate of drug-likeness (QED) is 0.576. The zero-order valence-corrected chi connectivity index (χ0v) is 13.7. The highest BCUT2D eigenvalue weighted by molar-refractivity contribution is 5.78. The summed E-state index contributed by atoms with van der Waals surface area (Å²) in [7, 11) is 0. The highest BCUT2D eigenvalue weighted by Gasteiger charge is 2.05. The fourth-order valence-corrected chi connectivity index (χ4v) is 2.50. The molecule has 2 heterocycles. The molecule has 0 aliphatic rings. The van der Waals surface area contributed by atoms with Gasteiger partial charge in [0.1, 0.15) is 6.61 Å². The van der Waals surface area contributed by atoms with Crippen LogP contribution in [-0.4, -0.2) is 30.7 Å². The van der Waals surface area contributed by atoms with Gasteiger partial charge >= 0.3 is 0 Å². The average Bonchev–Trinajstić information content (AvgIpc) is 3.20. The third kappa shape index (κ3) is 3.51. The van der Waals surface area contributed by atoms with E-state index in [0.717, 1.165) is 22.2 Å². The summed E-state index contributed by atoms with van der Waals surface area (Å²) in [5.74, 6) is 1.00. The molecule has 0 bridgehead atoms. The lowest BCUT2D eigenvalue weighted by atomic mass is 10.2. The van der Waals surface area contributed by atoms with Gasteiger partial charge in [-0.15, -0.1) is 5.10 Å². The van der Waals surface area contributed by atoms with Crippen LogP contribution in [0.3, 0.4) is 0 Å². The minimum Gasteiger partial charge on any atom is -0.504 e. The number of aromatic hydroxyl groups is 1. The highest BCUT2D eigenvalue weighted by atomic mass is 16.5. The second-order valence-electron chi connectivity index (χ2n) is 5.63. The zero-order valence-electron chi connectivity index (χ0n) is 13.7. The Morgan fingerprint density at radius 2 is 1.96 bits per heavy atom. The first-order valence-corrected chi connectivity index (χ1v) is 8.00. The van der Waals surface area contributed by atoms with Crippen molar-refractivity contribution in [3.8, 4) is 11.5 Å². The molecule has 0 amide bonds. The van der Waals surface area contributed by atoms with Crippen molar-refractivity contribution in [2.45, 2.75) is 6.61 Å². The molecule has 2 N–H and O–H groups in total. The maximum Gasteiger partial charge on any atom is 0.172 e. The summed E-state index contributed by atoms with van der Waals surface area (Å²) in [5, 5.41) is 24.5. The van der Waals surface area contributed by atoms with Crippen LogP contribution in [0.25, 0.3) is 23.1 Å². The van der Waals surface area contributed by atoms with Crippen molar-refractivity contribution in [2.24, 2.45) is 0 Å². The molecule has 0 saturated heterocycles. The number of para-hydroxylation sites is 1. The van der Waals surface area contributed by atoms with Gasteiger partial charge in [-0.2, -0.15) is 0 Å². The second-order valence-corrected chi connectivity index (χ2v) is 5.63. The molecule has 0 fully saturated rings. The Kier molecular flexibility index (Phi) is 4.26. The molecule has 2 aromatic heterocycles.